The predicted octanol–water partition coefficient (Wildman–Crippen LogP) is 2.28. The van der Waals surface area contributed by atoms with Crippen molar-refractivity contribution in [1.29, 1.82) is 0 Å². The summed E-state index contributed by atoms with van der Waals surface area (Å²) < 4.78 is 25.1. The van der Waals surface area contributed by atoms with Crippen LogP contribution >= 0.6 is 0 Å². The van der Waals surface area contributed by atoms with Crippen molar-refractivity contribution in [2.24, 2.45) is 5.92 Å². The van der Waals surface area contributed by atoms with Crippen LogP contribution in [0.3, 0.4) is 0 Å². The molecule has 0 saturated carbocycles. The summed E-state index contributed by atoms with van der Waals surface area (Å²) in [6.07, 6.45) is -1.16. The number of amides is 1. The summed E-state index contributed by atoms with van der Waals surface area (Å²) in [6.45, 7) is 5.36. The molecule has 1 rings (SSSR count). The van der Waals surface area contributed by atoms with Crippen molar-refractivity contribution in [3.63, 3.8) is 0 Å². The van der Waals surface area contributed by atoms with E-state index in [-0.39, 0.29) is 21.5 Å². The highest BCUT2D eigenvalue weighted by Gasteiger charge is 2.36. The fraction of sp³-hybridized carbons (Fsp3) is 0.429. The first kappa shape index (κ1) is 17.2. The Labute approximate surface area is 124 Å². The number of hydrogen-bond acceptors (Lipinski definition) is 4. The lowest BCUT2D eigenvalue weighted by Crippen LogP contribution is -2.45. The molecule has 1 N–H and O–H groups in total. The summed E-state index contributed by atoms with van der Waals surface area (Å²) in [5.74, 6) is -0.0183. The van der Waals surface area contributed by atoms with Gasteiger partial charge >= 0.3 is 6.09 Å². The molecule has 0 fully saturated rings. The van der Waals surface area contributed by atoms with E-state index in [1.165, 1.54) is 12.1 Å². The van der Waals surface area contributed by atoms with E-state index in [0.29, 0.717) is 6.29 Å². The van der Waals surface area contributed by atoms with Gasteiger partial charge in [0, 0.05) is 0 Å². The number of carbonyl (C=O) groups excluding carboxylic acids is 1. The summed E-state index contributed by atoms with van der Waals surface area (Å²) in [7, 11) is -4.27. The van der Waals surface area contributed by atoms with Gasteiger partial charge in [0.25, 0.3) is 10.0 Å². The van der Waals surface area contributed by atoms with Crippen LogP contribution < -0.4 is 0 Å². The van der Waals surface area contributed by atoms with Crippen molar-refractivity contribution in [1.82, 2.24) is 4.31 Å². The maximum absolute atomic E-state index is 12.5. The maximum atomic E-state index is 12.5. The Balaban J connectivity index is 3.28. The zero-order chi connectivity index (χ0) is 16.2. The van der Waals surface area contributed by atoms with Crippen LogP contribution in [0.25, 0.3) is 0 Å². The molecular weight excluding hydrogens is 294 g/mol. The molecule has 1 amide bonds. The maximum Gasteiger partial charge on any atom is 0.422 e. The second-order valence-electron chi connectivity index (χ2n) is 5.23. The molecule has 1 atom stereocenters. The van der Waals surface area contributed by atoms with Gasteiger partial charge in [0.2, 0.25) is 0 Å². The van der Waals surface area contributed by atoms with Crippen LogP contribution in [0.15, 0.2) is 29.2 Å². The number of sulfonamides is 1. The lowest BCUT2D eigenvalue weighted by Gasteiger charge is -2.26. The number of carboxylic acid groups (broad SMARTS) is 1. The van der Waals surface area contributed by atoms with Gasteiger partial charge in [-0.2, -0.15) is 4.31 Å². The molecule has 7 heteroatoms. The number of nitrogens with zero attached hydrogens (tertiary/aromatic N) is 1. The van der Waals surface area contributed by atoms with Crippen LogP contribution in [0.1, 0.15) is 25.8 Å². The van der Waals surface area contributed by atoms with Crippen molar-refractivity contribution in [2.45, 2.75) is 38.1 Å². The molecule has 0 saturated heterocycles. The number of benzene rings is 1. The summed E-state index contributed by atoms with van der Waals surface area (Å²) in [5.41, 5.74) is 0.852. The Hall–Kier alpha value is -1.89. The number of carbonyl (C=O) groups is 2. The molecule has 21 heavy (non-hydrogen) atoms. The van der Waals surface area contributed by atoms with Gasteiger partial charge in [0.1, 0.15) is 12.3 Å². The number of aryl methyl sites for hydroxylation is 1. The molecule has 116 valence electrons. The highest BCUT2D eigenvalue weighted by atomic mass is 32.2. The summed E-state index contributed by atoms with van der Waals surface area (Å²) in [4.78, 5) is 22.4. The quantitative estimate of drug-likeness (QED) is 0.813. The molecule has 1 aromatic rings. The standard InChI is InChI=1S/C14H19NO5S/c1-10(2)8-12(9-16)15(14(17)18)21(19,20)13-6-4-11(3)5-7-13/h4-7,9-10,12H,8H2,1-3H3,(H,17,18). The minimum Gasteiger partial charge on any atom is -0.464 e. The van der Waals surface area contributed by atoms with Crippen molar-refractivity contribution in [3.8, 4) is 0 Å². The van der Waals surface area contributed by atoms with Gasteiger partial charge in [-0.25, -0.2) is 13.2 Å². The third-order valence-electron chi connectivity index (χ3n) is 2.94. The molecule has 1 aromatic carbocycles. The third kappa shape index (κ3) is 4.04. The van der Waals surface area contributed by atoms with Crippen molar-refractivity contribution < 1.29 is 23.1 Å². The minimum atomic E-state index is -4.27. The van der Waals surface area contributed by atoms with E-state index in [1.807, 2.05) is 0 Å². The van der Waals surface area contributed by atoms with E-state index < -0.39 is 22.2 Å². The Bertz CT molecular complexity index is 607. The van der Waals surface area contributed by atoms with Gasteiger partial charge in [-0.05, 0) is 31.4 Å². The van der Waals surface area contributed by atoms with Crippen LogP contribution in [0, 0.1) is 12.8 Å². The first-order valence-corrected chi connectivity index (χ1v) is 7.93. The molecule has 0 aliphatic rings. The monoisotopic (exact) mass is 313 g/mol. The van der Waals surface area contributed by atoms with Crippen molar-refractivity contribution >= 4 is 22.4 Å². The molecule has 0 aliphatic carbocycles. The molecule has 0 aromatic heterocycles. The fourth-order valence-electron chi connectivity index (χ4n) is 1.94. The number of rotatable bonds is 6. The first-order chi connectivity index (χ1) is 9.70. The Morgan fingerprint density at radius 1 is 1.29 bits per heavy atom. The molecule has 0 bridgehead atoms. The van der Waals surface area contributed by atoms with Crippen LogP contribution in [-0.2, 0) is 14.8 Å². The van der Waals surface area contributed by atoms with Crippen molar-refractivity contribution in [3.05, 3.63) is 29.8 Å². The van der Waals surface area contributed by atoms with Gasteiger partial charge in [-0.3, -0.25) is 0 Å². The molecule has 1 unspecified atom stereocenters. The predicted molar refractivity (Wildman–Crippen MR) is 77.5 cm³/mol. The summed E-state index contributed by atoms with van der Waals surface area (Å²) >= 11 is 0. The first-order valence-electron chi connectivity index (χ1n) is 6.49. The number of hydrogen-bond donors (Lipinski definition) is 1. The zero-order valence-electron chi connectivity index (χ0n) is 12.2. The molecule has 0 radical (unpaired) electrons. The summed E-state index contributed by atoms with van der Waals surface area (Å²) in [6, 6.07) is 4.58. The normalized spacial score (nSPS) is 13.0. The largest absolute Gasteiger partial charge is 0.464 e. The average molecular weight is 313 g/mol. The third-order valence-corrected chi connectivity index (χ3v) is 4.75. The lowest BCUT2D eigenvalue weighted by atomic mass is 10.1. The highest BCUT2D eigenvalue weighted by molar-refractivity contribution is 7.89. The second kappa shape index (κ2) is 6.71. The second-order valence-corrected chi connectivity index (χ2v) is 7.04. The Morgan fingerprint density at radius 3 is 2.19 bits per heavy atom. The van der Waals surface area contributed by atoms with Gasteiger partial charge in [0.05, 0.1) is 4.90 Å². The topological polar surface area (TPSA) is 91.8 Å². The van der Waals surface area contributed by atoms with Crippen LogP contribution in [0.2, 0.25) is 0 Å². The van der Waals surface area contributed by atoms with E-state index >= 15 is 0 Å². The van der Waals surface area contributed by atoms with E-state index in [4.69, 9.17) is 0 Å². The van der Waals surface area contributed by atoms with Gasteiger partial charge in [-0.1, -0.05) is 31.5 Å². The molecular formula is C14H19NO5S. The van der Waals surface area contributed by atoms with Gasteiger partial charge in [0.15, 0.2) is 0 Å². The fourth-order valence-corrected chi connectivity index (χ4v) is 3.34. The van der Waals surface area contributed by atoms with Crippen LogP contribution in [0.5, 0.6) is 0 Å². The van der Waals surface area contributed by atoms with Crippen LogP contribution in [0.4, 0.5) is 4.79 Å². The molecule has 0 heterocycles. The molecule has 6 nitrogen and oxygen atoms in total. The lowest BCUT2D eigenvalue weighted by molar-refractivity contribution is -0.111. The summed E-state index contributed by atoms with van der Waals surface area (Å²) in [5, 5.41) is 9.23. The smallest absolute Gasteiger partial charge is 0.422 e. The molecule has 0 spiro atoms. The van der Waals surface area contributed by atoms with E-state index in [0.717, 1.165) is 5.56 Å². The zero-order valence-corrected chi connectivity index (χ0v) is 13.0. The Kier molecular flexibility index (Phi) is 5.48. The SMILES string of the molecule is Cc1ccc(S(=O)(=O)N(C(=O)O)C(C=O)CC(C)C)cc1. The van der Waals surface area contributed by atoms with E-state index in [2.05, 4.69) is 0 Å². The highest BCUT2D eigenvalue weighted by Crippen LogP contribution is 2.21. The Morgan fingerprint density at radius 2 is 1.81 bits per heavy atom. The average Bonchev–Trinajstić information content (AvgIpc) is 2.37. The number of aldehydes is 1. The van der Waals surface area contributed by atoms with Crippen molar-refractivity contribution in [2.75, 3.05) is 0 Å². The minimum absolute atomic E-state index is 0.0183. The van der Waals surface area contributed by atoms with E-state index in [1.54, 1.807) is 32.9 Å². The van der Waals surface area contributed by atoms with Gasteiger partial charge < -0.3 is 9.90 Å². The van der Waals surface area contributed by atoms with Crippen LogP contribution in [-0.4, -0.2) is 36.3 Å². The molecule has 0 aliphatic heterocycles. The van der Waals surface area contributed by atoms with E-state index in [9.17, 15) is 23.1 Å². The van der Waals surface area contributed by atoms with Gasteiger partial charge in [-0.15, -0.1) is 0 Å².